The van der Waals surface area contributed by atoms with Crippen LogP contribution in [-0.2, 0) is 35.5 Å². The number of aromatic nitrogens is 6. The minimum atomic E-state index is -0.209. The van der Waals surface area contributed by atoms with Gasteiger partial charge in [0.15, 0.2) is 11.6 Å². The predicted octanol–water partition coefficient (Wildman–Crippen LogP) is 2.78. The first-order chi connectivity index (χ1) is 20.5. The molecule has 0 aromatic carbocycles. The molecule has 4 aromatic heterocycles. The molecular formula is C30H34N10O2. The maximum atomic E-state index is 12.4. The van der Waals surface area contributed by atoms with Crippen LogP contribution in [0.1, 0.15) is 71.4 Å². The van der Waals surface area contributed by atoms with E-state index < -0.39 is 0 Å². The summed E-state index contributed by atoms with van der Waals surface area (Å²) in [5.41, 5.74) is 16.1. The maximum Gasteiger partial charge on any atom is 0.231 e. The molecule has 0 spiro atoms. The maximum absolute atomic E-state index is 12.4. The van der Waals surface area contributed by atoms with Crippen molar-refractivity contribution in [3.63, 3.8) is 0 Å². The molecule has 2 amide bonds. The van der Waals surface area contributed by atoms with Gasteiger partial charge in [0.2, 0.25) is 11.8 Å². The van der Waals surface area contributed by atoms with E-state index in [-0.39, 0.29) is 36.5 Å². The average Bonchev–Trinajstić information content (AvgIpc) is 3.02. The minimum absolute atomic E-state index is 0.141. The largest absolute Gasteiger partial charge is 0.326 e. The van der Waals surface area contributed by atoms with Crippen LogP contribution in [0.25, 0.3) is 0 Å². The fourth-order valence-electron chi connectivity index (χ4n) is 5.04. The van der Waals surface area contributed by atoms with E-state index >= 15 is 0 Å². The van der Waals surface area contributed by atoms with Crippen LogP contribution in [0.5, 0.6) is 0 Å². The zero-order chi connectivity index (χ0) is 29.3. The Bertz CT molecular complexity index is 1360. The monoisotopic (exact) mass is 566 g/mol. The summed E-state index contributed by atoms with van der Waals surface area (Å²) in [5, 5.41) is 22.9. The van der Waals surface area contributed by atoms with Crippen molar-refractivity contribution in [1.29, 1.82) is 0 Å². The number of amides is 2. The van der Waals surface area contributed by atoms with Crippen molar-refractivity contribution in [2.45, 2.75) is 63.5 Å². The Kier molecular flexibility index (Phi) is 9.47. The molecule has 4 aromatic rings. The summed E-state index contributed by atoms with van der Waals surface area (Å²) < 4.78 is 0. The summed E-state index contributed by atoms with van der Waals surface area (Å²) in [4.78, 5) is 33.4. The molecule has 1 aliphatic rings. The van der Waals surface area contributed by atoms with Crippen molar-refractivity contribution >= 4 is 23.5 Å². The van der Waals surface area contributed by atoms with Crippen molar-refractivity contribution in [2.75, 3.05) is 10.6 Å². The fraction of sp³-hybridized carbons (Fsp3) is 0.333. The lowest BCUT2D eigenvalue weighted by molar-refractivity contribution is -0.116. The lowest BCUT2D eigenvalue weighted by Crippen LogP contribution is -2.19. The van der Waals surface area contributed by atoms with Crippen LogP contribution >= 0.6 is 0 Å². The second-order valence-electron chi connectivity index (χ2n) is 10.4. The molecule has 1 fully saturated rings. The van der Waals surface area contributed by atoms with Crippen LogP contribution in [-0.4, -0.2) is 42.2 Å². The Morgan fingerprint density at radius 1 is 0.667 bits per heavy atom. The van der Waals surface area contributed by atoms with Crippen molar-refractivity contribution < 1.29 is 9.59 Å². The molecule has 0 unspecified atom stereocenters. The predicted molar refractivity (Wildman–Crippen MR) is 157 cm³/mol. The molecule has 12 nitrogen and oxygen atoms in total. The van der Waals surface area contributed by atoms with Gasteiger partial charge in [-0.3, -0.25) is 19.6 Å². The Labute approximate surface area is 243 Å². The average molecular weight is 567 g/mol. The molecule has 0 aliphatic heterocycles. The molecule has 1 aliphatic carbocycles. The summed E-state index contributed by atoms with van der Waals surface area (Å²) in [6.07, 6.45) is 7.54. The number of carbonyl (C=O) groups is 2. The number of anilines is 2. The standard InChI is InChI=1S/C30H34N10O2/c31-15-19-4-6-23(33-17-19)13-29(41)35-27-10-8-25(37-39-27)21-2-1-3-22(12-21)26-9-11-28(40-38-26)36-30(42)14-24-7-5-20(16-32)18-34-24/h4-11,17-18,21-22H,1-3,12-16,31-32H2,(H,35,39,41)(H,36,40,42)/t21-,22-/m0/s1. The van der Waals surface area contributed by atoms with Crippen LogP contribution in [0.4, 0.5) is 11.6 Å². The van der Waals surface area contributed by atoms with E-state index in [1.165, 1.54) is 0 Å². The smallest absolute Gasteiger partial charge is 0.231 e. The molecule has 1 saturated carbocycles. The molecule has 42 heavy (non-hydrogen) atoms. The van der Waals surface area contributed by atoms with Gasteiger partial charge in [-0.05, 0) is 66.8 Å². The molecule has 216 valence electrons. The number of carbonyl (C=O) groups excluding carboxylic acids is 2. The zero-order valence-corrected chi connectivity index (χ0v) is 23.2. The van der Waals surface area contributed by atoms with Gasteiger partial charge in [0.05, 0.1) is 24.2 Å². The molecule has 6 N–H and O–H groups in total. The third-order valence-corrected chi connectivity index (χ3v) is 7.34. The van der Waals surface area contributed by atoms with Crippen LogP contribution in [0.15, 0.2) is 60.9 Å². The van der Waals surface area contributed by atoms with E-state index in [0.717, 1.165) is 48.2 Å². The number of hydrogen-bond donors (Lipinski definition) is 4. The molecule has 5 rings (SSSR count). The van der Waals surface area contributed by atoms with Crippen molar-refractivity contribution in [3.05, 3.63) is 94.8 Å². The van der Waals surface area contributed by atoms with Crippen LogP contribution < -0.4 is 22.1 Å². The topological polar surface area (TPSA) is 188 Å². The second-order valence-corrected chi connectivity index (χ2v) is 10.4. The van der Waals surface area contributed by atoms with Crippen molar-refractivity contribution in [2.24, 2.45) is 11.5 Å². The lowest BCUT2D eigenvalue weighted by atomic mass is 9.78. The highest BCUT2D eigenvalue weighted by Crippen LogP contribution is 2.40. The SMILES string of the molecule is NCc1ccc(CC(=O)Nc2ccc([C@H]3CCC[C@H](c4ccc(NC(=O)Cc5ccc(CN)cn5)nn4)C3)nn2)nc1. The Morgan fingerprint density at radius 3 is 1.50 bits per heavy atom. The highest BCUT2D eigenvalue weighted by molar-refractivity contribution is 5.91. The highest BCUT2D eigenvalue weighted by atomic mass is 16.2. The third-order valence-electron chi connectivity index (χ3n) is 7.34. The van der Waals surface area contributed by atoms with Crippen LogP contribution in [0.2, 0.25) is 0 Å². The number of rotatable bonds is 10. The van der Waals surface area contributed by atoms with Gasteiger partial charge in [-0.25, -0.2) is 0 Å². The Hall–Kier alpha value is -4.68. The van der Waals surface area contributed by atoms with Crippen molar-refractivity contribution in [1.82, 2.24) is 30.4 Å². The van der Waals surface area contributed by atoms with Gasteiger partial charge in [0.1, 0.15) is 0 Å². The molecule has 4 heterocycles. The van der Waals surface area contributed by atoms with E-state index in [1.54, 1.807) is 36.7 Å². The van der Waals surface area contributed by atoms with E-state index in [4.69, 9.17) is 11.5 Å². The Morgan fingerprint density at radius 2 is 1.14 bits per heavy atom. The van der Waals surface area contributed by atoms with E-state index in [2.05, 4.69) is 41.0 Å². The normalized spacial score (nSPS) is 16.5. The van der Waals surface area contributed by atoms with E-state index in [1.807, 2.05) is 24.3 Å². The number of nitrogens with one attached hydrogen (secondary N) is 2. The van der Waals surface area contributed by atoms with Gasteiger partial charge in [0, 0.05) is 48.7 Å². The first-order valence-electron chi connectivity index (χ1n) is 14.0. The molecule has 0 bridgehead atoms. The lowest BCUT2D eigenvalue weighted by Gasteiger charge is -2.28. The first kappa shape index (κ1) is 28.8. The highest BCUT2D eigenvalue weighted by Gasteiger charge is 2.27. The van der Waals surface area contributed by atoms with Gasteiger partial charge in [-0.2, -0.15) is 10.2 Å². The van der Waals surface area contributed by atoms with E-state index in [0.29, 0.717) is 36.1 Å². The third kappa shape index (κ3) is 7.74. The van der Waals surface area contributed by atoms with Crippen LogP contribution in [0, 0.1) is 0 Å². The number of nitrogens with two attached hydrogens (primary N) is 2. The van der Waals surface area contributed by atoms with E-state index in [9.17, 15) is 9.59 Å². The van der Waals surface area contributed by atoms with Crippen molar-refractivity contribution in [3.8, 4) is 0 Å². The summed E-state index contributed by atoms with van der Waals surface area (Å²) in [6.45, 7) is 0.821. The summed E-state index contributed by atoms with van der Waals surface area (Å²) >= 11 is 0. The molecule has 0 radical (unpaired) electrons. The molecular weight excluding hydrogens is 532 g/mol. The molecule has 0 saturated heterocycles. The zero-order valence-electron chi connectivity index (χ0n) is 23.2. The molecule has 12 heteroatoms. The second kappa shape index (κ2) is 13.8. The first-order valence-corrected chi connectivity index (χ1v) is 14.0. The summed E-state index contributed by atoms with van der Waals surface area (Å²) in [5.74, 6) is 0.844. The summed E-state index contributed by atoms with van der Waals surface area (Å²) in [7, 11) is 0. The molecule has 2 atom stereocenters. The van der Waals surface area contributed by atoms with Gasteiger partial charge in [-0.1, -0.05) is 18.6 Å². The quantitative estimate of drug-likeness (QED) is 0.222. The van der Waals surface area contributed by atoms with Gasteiger partial charge >= 0.3 is 0 Å². The number of hydrogen-bond acceptors (Lipinski definition) is 10. The Balaban J connectivity index is 1.12. The summed E-state index contributed by atoms with van der Waals surface area (Å²) in [6, 6.07) is 14.7. The van der Waals surface area contributed by atoms with Crippen LogP contribution in [0.3, 0.4) is 0 Å². The van der Waals surface area contributed by atoms with Gasteiger partial charge < -0.3 is 22.1 Å². The fourth-order valence-corrected chi connectivity index (χ4v) is 5.04. The number of pyridine rings is 2. The minimum Gasteiger partial charge on any atom is -0.326 e. The van der Waals surface area contributed by atoms with Gasteiger partial charge in [0.25, 0.3) is 0 Å². The number of nitrogens with zero attached hydrogens (tertiary/aromatic N) is 6. The van der Waals surface area contributed by atoms with Gasteiger partial charge in [-0.15, -0.1) is 10.2 Å².